The van der Waals surface area contributed by atoms with Gasteiger partial charge in [0.15, 0.2) is 11.5 Å². The molecule has 2 aliphatic rings. The number of aliphatic hydroxyl groups is 1. The summed E-state index contributed by atoms with van der Waals surface area (Å²) in [4.78, 5) is 24.6. The third kappa shape index (κ3) is 2.57. The van der Waals surface area contributed by atoms with Crippen molar-refractivity contribution in [2.75, 3.05) is 0 Å². The first kappa shape index (κ1) is 14.6. The van der Waals surface area contributed by atoms with Gasteiger partial charge >= 0.3 is 0 Å². The number of benzene rings is 1. The maximum atomic E-state index is 12.5. The summed E-state index contributed by atoms with van der Waals surface area (Å²) >= 11 is 5.82. The van der Waals surface area contributed by atoms with Crippen LogP contribution in [0.15, 0.2) is 60.0 Å². The summed E-state index contributed by atoms with van der Waals surface area (Å²) in [6.07, 6.45) is 6.80. The molecular formula is C17H14ClNO3. The Kier molecular flexibility index (Phi) is 3.86. The summed E-state index contributed by atoms with van der Waals surface area (Å²) in [5, 5.41) is 13.5. The van der Waals surface area contributed by atoms with Gasteiger partial charge in [-0.25, -0.2) is 0 Å². The molecule has 5 heteroatoms. The van der Waals surface area contributed by atoms with Gasteiger partial charge in [-0.3, -0.25) is 9.59 Å². The Morgan fingerprint density at radius 1 is 1.00 bits per heavy atom. The van der Waals surface area contributed by atoms with Crippen LogP contribution in [0, 0.1) is 11.8 Å². The number of fused-ring (bicyclic) bond motifs is 1. The topological polar surface area (TPSA) is 66.4 Å². The lowest BCUT2D eigenvalue weighted by Crippen LogP contribution is -2.40. The van der Waals surface area contributed by atoms with E-state index < -0.39 is 23.4 Å². The average Bonchev–Trinajstić information content (AvgIpc) is 2.54. The second kappa shape index (κ2) is 5.81. The summed E-state index contributed by atoms with van der Waals surface area (Å²) in [6.45, 7) is 0.326. The van der Waals surface area contributed by atoms with Gasteiger partial charge in [-0.2, -0.15) is 0 Å². The number of aliphatic hydroxyl groups excluding tert-OH is 1. The molecule has 0 spiro atoms. The van der Waals surface area contributed by atoms with E-state index in [1.54, 1.807) is 36.4 Å². The van der Waals surface area contributed by atoms with Crippen LogP contribution in [-0.4, -0.2) is 16.7 Å². The molecule has 0 fully saturated rings. The van der Waals surface area contributed by atoms with E-state index in [0.29, 0.717) is 11.6 Å². The SMILES string of the molecule is O=C1C(O)=C(NCc2ccc(Cl)cc2)C(=O)C2C=CC=CC12. The van der Waals surface area contributed by atoms with E-state index in [1.807, 2.05) is 12.1 Å². The molecule has 4 nitrogen and oxygen atoms in total. The fraction of sp³-hybridized carbons (Fsp3) is 0.176. The van der Waals surface area contributed by atoms with E-state index in [4.69, 9.17) is 11.6 Å². The van der Waals surface area contributed by atoms with E-state index in [2.05, 4.69) is 5.32 Å². The molecule has 0 heterocycles. The third-order valence-corrected chi connectivity index (χ3v) is 4.09. The Hall–Kier alpha value is -2.33. The van der Waals surface area contributed by atoms with Crippen molar-refractivity contribution in [2.45, 2.75) is 6.54 Å². The van der Waals surface area contributed by atoms with Gasteiger partial charge in [-0.1, -0.05) is 48.0 Å². The number of carbonyl (C=O) groups is 2. The number of hydrogen-bond donors (Lipinski definition) is 2. The molecule has 0 bridgehead atoms. The summed E-state index contributed by atoms with van der Waals surface area (Å²) in [5.41, 5.74) is 0.882. The van der Waals surface area contributed by atoms with Crippen LogP contribution in [0.3, 0.4) is 0 Å². The van der Waals surface area contributed by atoms with Crippen molar-refractivity contribution in [3.8, 4) is 0 Å². The molecule has 2 N–H and O–H groups in total. The first-order chi connectivity index (χ1) is 10.6. The number of allylic oxidation sites excluding steroid dienone is 6. The second-order valence-electron chi connectivity index (χ2n) is 5.25. The summed E-state index contributed by atoms with van der Waals surface area (Å²) in [6, 6.07) is 7.11. The van der Waals surface area contributed by atoms with E-state index in [-0.39, 0.29) is 11.5 Å². The molecule has 0 aromatic heterocycles. The number of nitrogens with one attached hydrogen (secondary N) is 1. The highest BCUT2D eigenvalue weighted by Crippen LogP contribution is 2.31. The molecule has 2 unspecified atom stereocenters. The number of Topliss-reactive ketones (excluding diaryl/α,β-unsaturated/α-hetero) is 2. The van der Waals surface area contributed by atoms with Crippen molar-refractivity contribution in [2.24, 2.45) is 11.8 Å². The summed E-state index contributed by atoms with van der Waals surface area (Å²) < 4.78 is 0. The van der Waals surface area contributed by atoms with Gasteiger partial charge in [0.1, 0.15) is 5.70 Å². The van der Waals surface area contributed by atoms with Crippen molar-refractivity contribution in [1.29, 1.82) is 0 Å². The van der Waals surface area contributed by atoms with Crippen LogP contribution >= 0.6 is 11.6 Å². The van der Waals surface area contributed by atoms with Crippen LogP contribution in [0.1, 0.15) is 5.56 Å². The number of rotatable bonds is 3. The zero-order valence-electron chi connectivity index (χ0n) is 11.6. The number of carbonyl (C=O) groups excluding carboxylic acids is 2. The molecule has 3 rings (SSSR count). The van der Waals surface area contributed by atoms with Crippen molar-refractivity contribution < 1.29 is 14.7 Å². The highest BCUT2D eigenvalue weighted by Gasteiger charge is 2.41. The smallest absolute Gasteiger partial charge is 0.207 e. The molecule has 2 aliphatic carbocycles. The summed E-state index contributed by atoms with van der Waals surface area (Å²) in [7, 11) is 0. The average molecular weight is 316 g/mol. The Morgan fingerprint density at radius 3 is 2.23 bits per heavy atom. The zero-order chi connectivity index (χ0) is 15.7. The maximum Gasteiger partial charge on any atom is 0.207 e. The minimum Gasteiger partial charge on any atom is -0.503 e. The predicted octanol–water partition coefficient (Wildman–Crippen LogP) is 2.71. The zero-order valence-corrected chi connectivity index (χ0v) is 12.4. The normalized spacial score (nSPS) is 23.7. The Labute approximate surface area is 132 Å². The molecule has 0 radical (unpaired) electrons. The Morgan fingerprint density at radius 2 is 1.59 bits per heavy atom. The van der Waals surface area contributed by atoms with Gasteiger partial charge in [0, 0.05) is 11.6 Å². The molecule has 2 atom stereocenters. The molecule has 1 aromatic rings. The lowest BCUT2D eigenvalue weighted by molar-refractivity contribution is -0.129. The Bertz CT molecular complexity index is 716. The van der Waals surface area contributed by atoms with Gasteiger partial charge in [-0.15, -0.1) is 0 Å². The van der Waals surface area contributed by atoms with Gasteiger partial charge in [0.2, 0.25) is 5.78 Å². The van der Waals surface area contributed by atoms with Crippen molar-refractivity contribution in [1.82, 2.24) is 5.32 Å². The first-order valence-electron chi connectivity index (χ1n) is 6.93. The van der Waals surface area contributed by atoms with E-state index >= 15 is 0 Å². The standard InChI is InChI=1S/C17H14ClNO3/c18-11-7-5-10(6-8-11)9-19-14-15(20)12-3-1-2-4-13(12)16(21)17(14)22/h1-8,12-13,19,22H,9H2. The van der Waals surface area contributed by atoms with Crippen LogP contribution < -0.4 is 5.32 Å². The van der Waals surface area contributed by atoms with Crippen LogP contribution in [-0.2, 0) is 16.1 Å². The van der Waals surface area contributed by atoms with E-state index in [9.17, 15) is 14.7 Å². The van der Waals surface area contributed by atoms with Crippen molar-refractivity contribution in [3.05, 3.63) is 70.6 Å². The van der Waals surface area contributed by atoms with Gasteiger partial charge in [0.25, 0.3) is 0 Å². The van der Waals surface area contributed by atoms with Crippen LogP contribution in [0.25, 0.3) is 0 Å². The van der Waals surface area contributed by atoms with E-state index in [1.165, 1.54) is 0 Å². The third-order valence-electron chi connectivity index (χ3n) is 3.84. The predicted molar refractivity (Wildman–Crippen MR) is 83.2 cm³/mol. The highest BCUT2D eigenvalue weighted by atomic mass is 35.5. The number of hydrogen-bond acceptors (Lipinski definition) is 4. The molecule has 112 valence electrons. The lowest BCUT2D eigenvalue weighted by atomic mass is 9.76. The minimum absolute atomic E-state index is 0.0128. The van der Waals surface area contributed by atoms with Crippen LogP contribution in [0.4, 0.5) is 0 Å². The first-order valence-corrected chi connectivity index (χ1v) is 7.30. The van der Waals surface area contributed by atoms with E-state index in [0.717, 1.165) is 5.56 Å². The Balaban J connectivity index is 1.82. The molecule has 1 aromatic carbocycles. The monoisotopic (exact) mass is 315 g/mol. The molecule has 22 heavy (non-hydrogen) atoms. The fourth-order valence-corrected chi connectivity index (χ4v) is 2.76. The second-order valence-corrected chi connectivity index (χ2v) is 5.69. The van der Waals surface area contributed by atoms with Crippen molar-refractivity contribution in [3.63, 3.8) is 0 Å². The minimum atomic E-state index is -0.599. The molecule has 0 saturated heterocycles. The molecular weight excluding hydrogens is 302 g/mol. The van der Waals surface area contributed by atoms with Gasteiger partial charge in [-0.05, 0) is 17.7 Å². The number of ketones is 2. The molecule has 0 amide bonds. The highest BCUT2D eigenvalue weighted by molar-refractivity contribution is 6.30. The van der Waals surface area contributed by atoms with Gasteiger partial charge < -0.3 is 10.4 Å². The summed E-state index contributed by atoms with van der Waals surface area (Å²) in [5.74, 6) is -2.32. The van der Waals surface area contributed by atoms with Crippen LogP contribution in [0.2, 0.25) is 5.02 Å². The van der Waals surface area contributed by atoms with Gasteiger partial charge in [0.05, 0.1) is 11.8 Å². The fourth-order valence-electron chi connectivity index (χ4n) is 2.64. The lowest BCUT2D eigenvalue weighted by Gasteiger charge is -2.28. The maximum absolute atomic E-state index is 12.5. The molecule has 0 aliphatic heterocycles. The quantitative estimate of drug-likeness (QED) is 0.900. The largest absolute Gasteiger partial charge is 0.503 e. The van der Waals surface area contributed by atoms with Crippen LogP contribution in [0.5, 0.6) is 0 Å². The molecule has 0 saturated carbocycles. The van der Waals surface area contributed by atoms with Crippen molar-refractivity contribution >= 4 is 23.2 Å². The number of halogens is 1.